The first kappa shape index (κ1) is 9.53. The summed E-state index contributed by atoms with van der Waals surface area (Å²) in [4.78, 5) is 9.22. The third-order valence-electron chi connectivity index (χ3n) is 3.14. The Morgan fingerprint density at radius 3 is 2.50 bits per heavy atom. The van der Waals surface area contributed by atoms with E-state index in [1.54, 1.807) is 0 Å². The van der Waals surface area contributed by atoms with Crippen LogP contribution in [0.3, 0.4) is 0 Å². The SMILES string of the molecule is Cc1cccc2c3nc4ccccc4nc3nn12. The van der Waals surface area contributed by atoms with Crippen molar-refractivity contribution in [2.24, 2.45) is 0 Å². The predicted molar refractivity (Wildman–Crippen MR) is 70.5 cm³/mol. The quantitative estimate of drug-likeness (QED) is 0.470. The molecule has 0 aliphatic carbocycles. The molecular weight excluding hydrogens is 224 g/mol. The van der Waals surface area contributed by atoms with Crippen molar-refractivity contribution in [3.63, 3.8) is 0 Å². The molecule has 0 radical (unpaired) electrons. The highest BCUT2D eigenvalue weighted by molar-refractivity contribution is 5.93. The number of pyridine rings is 1. The van der Waals surface area contributed by atoms with Crippen molar-refractivity contribution in [3.8, 4) is 0 Å². The van der Waals surface area contributed by atoms with Crippen LogP contribution in [0.1, 0.15) is 5.69 Å². The van der Waals surface area contributed by atoms with Crippen LogP contribution >= 0.6 is 0 Å². The van der Waals surface area contributed by atoms with Crippen LogP contribution in [0.25, 0.3) is 27.7 Å². The van der Waals surface area contributed by atoms with E-state index in [0.717, 1.165) is 27.8 Å². The normalized spacial score (nSPS) is 11.6. The van der Waals surface area contributed by atoms with Gasteiger partial charge in [0.15, 0.2) is 0 Å². The molecule has 0 saturated carbocycles. The molecule has 1 aromatic carbocycles. The molecule has 0 bridgehead atoms. The predicted octanol–water partition coefficient (Wildman–Crippen LogP) is 2.74. The fraction of sp³-hybridized carbons (Fsp3) is 0.0714. The van der Waals surface area contributed by atoms with E-state index in [1.165, 1.54) is 0 Å². The first-order valence-corrected chi connectivity index (χ1v) is 5.84. The van der Waals surface area contributed by atoms with Gasteiger partial charge in [0, 0.05) is 5.69 Å². The Kier molecular flexibility index (Phi) is 1.73. The fourth-order valence-electron chi connectivity index (χ4n) is 2.25. The van der Waals surface area contributed by atoms with Crippen LogP contribution in [0.5, 0.6) is 0 Å². The number of para-hydroxylation sites is 2. The standard InChI is InChI=1S/C14H10N4/c1-9-5-4-8-12-13-14(17-18(9)12)16-11-7-3-2-6-10(11)15-13/h2-8H,1H3. The van der Waals surface area contributed by atoms with E-state index in [9.17, 15) is 0 Å². The maximum Gasteiger partial charge on any atom is 0.201 e. The molecule has 0 aliphatic heterocycles. The van der Waals surface area contributed by atoms with Crippen LogP contribution < -0.4 is 0 Å². The Labute approximate surface area is 103 Å². The van der Waals surface area contributed by atoms with E-state index in [4.69, 9.17) is 0 Å². The highest BCUT2D eigenvalue weighted by Crippen LogP contribution is 2.20. The second-order valence-corrected chi connectivity index (χ2v) is 4.35. The molecule has 4 nitrogen and oxygen atoms in total. The van der Waals surface area contributed by atoms with Gasteiger partial charge in [-0.2, -0.15) is 0 Å². The van der Waals surface area contributed by atoms with Crippen molar-refractivity contribution < 1.29 is 0 Å². The minimum absolute atomic E-state index is 0.697. The monoisotopic (exact) mass is 234 g/mol. The molecule has 4 heteroatoms. The summed E-state index contributed by atoms with van der Waals surface area (Å²) in [5, 5.41) is 4.51. The van der Waals surface area contributed by atoms with Crippen LogP contribution in [0.4, 0.5) is 0 Å². The lowest BCUT2D eigenvalue weighted by Gasteiger charge is -1.96. The Bertz CT molecular complexity index is 892. The lowest BCUT2D eigenvalue weighted by Crippen LogP contribution is -1.91. The van der Waals surface area contributed by atoms with Crippen molar-refractivity contribution >= 4 is 27.7 Å². The summed E-state index contributed by atoms with van der Waals surface area (Å²) >= 11 is 0. The Hall–Kier alpha value is -2.49. The maximum atomic E-state index is 4.66. The third kappa shape index (κ3) is 1.17. The van der Waals surface area contributed by atoms with Crippen molar-refractivity contribution in [2.45, 2.75) is 6.92 Å². The number of hydrogen-bond acceptors (Lipinski definition) is 3. The highest BCUT2D eigenvalue weighted by atomic mass is 15.3. The first-order chi connectivity index (χ1) is 8.83. The number of nitrogens with zero attached hydrogens (tertiary/aromatic N) is 4. The zero-order valence-corrected chi connectivity index (χ0v) is 9.83. The fourth-order valence-corrected chi connectivity index (χ4v) is 2.25. The molecule has 0 aliphatic rings. The second-order valence-electron chi connectivity index (χ2n) is 4.35. The van der Waals surface area contributed by atoms with E-state index in [-0.39, 0.29) is 0 Å². The van der Waals surface area contributed by atoms with Gasteiger partial charge in [-0.1, -0.05) is 18.2 Å². The summed E-state index contributed by atoms with van der Waals surface area (Å²) in [6.07, 6.45) is 0. The zero-order valence-electron chi connectivity index (χ0n) is 9.83. The van der Waals surface area contributed by atoms with Crippen molar-refractivity contribution in [2.75, 3.05) is 0 Å². The average Bonchev–Trinajstić information content (AvgIpc) is 2.76. The van der Waals surface area contributed by atoms with Gasteiger partial charge in [-0.05, 0) is 31.2 Å². The molecule has 4 aromatic rings. The Morgan fingerprint density at radius 2 is 1.67 bits per heavy atom. The average molecular weight is 234 g/mol. The van der Waals surface area contributed by atoms with Crippen molar-refractivity contribution in [1.82, 2.24) is 19.6 Å². The molecule has 0 amide bonds. The van der Waals surface area contributed by atoms with Gasteiger partial charge >= 0.3 is 0 Å². The van der Waals surface area contributed by atoms with Crippen molar-refractivity contribution in [1.29, 1.82) is 0 Å². The van der Waals surface area contributed by atoms with E-state index in [0.29, 0.717) is 5.65 Å². The molecule has 0 N–H and O–H groups in total. The number of rotatable bonds is 0. The van der Waals surface area contributed by atoms with Gasteiger partial charge < -0.3 is 0 Å². The number of hydrogen-bond donors (Lipinski definition) is 0. The number of aryl methyl sites for hydroxylation is 1. The van der Waals surface area contributed by atoms with Gasteiger partial charge in [0.25, 0.3) is 0 Å². The molecule has 4 rings (SSSR count). The van der Waals surface area contributed by atoms with Gasteiger partial charge in [-0.15, -0.1) is 5.10 Å². The van der Waals surface area contributed by atoms with E-state index in [1.807, 2.05) is 53.9 Å². The lowest BCUT2D eigenvalue weighted by atomic mass is 10.3. The lowest BCUT2D eigenvalue weighted by molar-refractivity contribution is 0.924. The van der Waals surface area contributed by atoms with Crippen molar-refractivity contribution in [3.05, 3.63) is 48.2 Å². The number of benzene rings is 1. The van der Waals surface area contributed by atoms with Crippen LogP contribution in [-0.4, -0.2) is 19.6 Å². The smallest absolute Gasteiger partial charge is 0.201 e. The van der Waals surface area contributed by atoms with Crippen LogP contribution in [0, 0.1) is 6.92 Å². The Morgan fingerprint density at radius 1 is 0.889 bits per heavy atom. The van der Waals surface area contributed by atoms with Gasteiger partial charge in [-0.25, -0.2) is 14.5 Å². The van der Waals surface area contributed by atoms with Crippen LogP contribution in [0.2, 0.25) is 0 Å². The molecule has 86 valence electrons. The van der Waals surface area contributed by atoms with Gasteiger partial charge in [0.1, 0.15) is 5.52 Å². The first-order valence-electron chi connectivity index (χ1n) is 5.84. The summed E-state index contributed by atoms with van der Waals surface area (Å²) in [5.74, 6) is 0. The molecule has 0 unspecified atom stereocenters. The molecule has 3 heterocycles. The molecule has 0 saturated heterocycles. The van der Waals surface area contributed by atoms with Crippen LogP contribution in [-0.2, 0) is 0 Å². The maximum absolute atomic E-state index is 4.66. The van der Waals surface area contributed by atoms with E-state index < -0.39 is 0 Å². The molecule has 0 atom stereocenters. The third-order valence-corrected chi connectivity index (χ3v) is 3.14. The summed E-state index contributed by atoms with van der Waals surface area (Å²) in [5.41, 5.74) is 5.42. The summed E-state index contributed by atoms with van der Waals surface area (Å²) in [7, 11) is 0. The zero-order chi connectivity index (χ0) is 12.1. The topological polar surface area (TPSA) is 43.1 Å². The van der Waals surface area contributed by atoms with Gasteiger partial charge in [0.05, 0.1) is 16.6 Å². The van der Waals surface area contributed by atoms with Crippen LogP contribution in [0.15, 0.2) is 42.5 Å². The van der Waals surface area contributed by atoms with E-state index >= 15 is 0 Å². The number of aromatic nitrogens is 4. The number of fused-ring (bicyclic) bond motifs is 4. The molecule has 18 heavy (non-hydrogen) atoms. The van der Waals surface area contributed by atoms with Gasteiger partial charge in [-0.3, -0.25) is 0 Å². The largest absolute Gasteiger partial charge is 0.240 e. The molecule has 3 aromatic heterocycles. The summed E-state index contributed by atoms with van der Waals surface area (Å²) in [6.45, 7) is 2.03. The Balaban J connectivity index is 2.27. The van der Waals surface area contributed by atoms with E-state index in [2.05, 4.69) is 15.1 Å². The highest BCUT2D eigenvalue weighted by Gasteiger charge is 2.09. The molecular formula is C14H10N4. The summed E-state index contributed by atoms with van der Waals surface area (Å²) in [6, 6.07) is 13.9. The minimum atomic E-state index is 0.697. The minimum Gasteiger partial charge on any atom is -0.240 e. The van der Waals surface area contributed by atoms with Gasteiger partial charge in [0.2, 0.25) is 5.65 Å². The summed E-state index contributed by atoms with van der Waals surface area (Å²) < 4.78 is 1.89. The second kappa shape index (κ2) is 3.26. The molecule has 0 fully saturated rings. The molecule has 0 spiro atoms.